The second kappa shape index (κ2) is 5.14. The van der Waals surface area contributed by atoms with Gasteiger partial charge in [0.1, 0.15) is 0 Å². The first kappa shape index (κ1) is 12.9. The molecule has 19 heavy (non-hydrogen) atoms. The molecule has 0 radical (unpaired) electrons. The number of nitrogens with zero attached hydrogens (tertiary/aromatic N) is 1. The second-order valence-electron chi connectivity index (χ2n) is 5.69. The van der Waals surface area contributed by atoms with Crippen LogP contribution in [0.15, 0.2) is 24.3 Å². The molecule has 1 saturated heterocycles. The van der Waals surface area contributed by atoms with Gasteiger partial charge in [-0.2, -0.15) is 0 Å². The van der Waals surface area contributed by atoms with Crippen LogP contribution in [-0.4, -0.2) is 36.5 Å². The highest BCUT2D eigenvalue weighted by atomic mass is 35.5. The number of carbonyl (C=O) groups is 1. The highest BCUT2D eigenvalue weighted by Crippen LogP contribution is 2.38. The van der Waals surface area contributed by atoms with Crippen molar-refractivity contribution in [3.05, 3.63) is 34.9 Å². The van der Waals surface area contributed by atoms with Crippen molar-refractivity contribution in [2.45, 2.75) is 37.3 Å². The minimum atomic E-state index is 0.0373. The van der Waals surface area contributed by atoms with E-state index in [0.717, 1.165) is 30.8 Å². The minimum Gasteiger partial charge on any atom is -0.344 e. The first-order valence-electron chi connectivity index (χ1n) is 6.90. The van der Waals surface area contributed by atoms with Gasteiger partial charge in [0.15, 0.2) is 0 Å². The molecule has 1 aromatic carbocycles. The van der Waals surface area contributed by atoms with Crippen molar-refractivity contribution in [3.8, 4) is 0 Å². The van der Waals surface area contributed by atoms with Crippen LogP contribution in [0.1, 0.15) is 30.7 Å². The third-order valence-electron chi connectivity index (χ3n) is 4.32. The van der Waals surface area contributed by atoms with Crippen molar-refractivity contribution < 1.29 is 4.79 Å². The van der Waals surface area contributed by atoms with E-state index in [9.17, 15) is 4.79 Å². The molecule has 0 aromatic heterocycles. The van der Waals surface area contributed by atoms with Gasteiger partial charge >= 0.3 is 0 Å². The molecule has 0 spiro atoms. The van der Waals surface area contributed by atoms with E-state index in [1.165, 1.54) is 5.56 Å². The number of halogens is 1. The first-order valence-corrected chi connectivity index (χ1v) is 7.28. The Labute approximate surface area is 118 Å². The summed E-state index contributed by atoms with van der Waals surface area (Å²) in [5, 5.41) is 4.29. The Morgan fingerprint density at radius 2 is 2.16 bits per heavy atom. The van der Waals surface area contributed by atoms with Gasteiger partial charge in [-0.15, -0.1) is 0 Å². The van der Waals surface area contributed by atoms with Crippen molar-refractivity contribution in [1.82, 2.24) is 10.2 Å². The fraction of sp³-hybridized carbons (Fsp3) is 0.533. The summed E-state index contributed by atoms with van der Waals surface area (Å²) in [6.45, 7) is 0.876. The Morgan fingerprint density at radius 1 is 1.37 bits per heavy atom. The maximum atomic E-state index is 11.8. The smallest absolute Gasteiger partial charge is 0.239 e. The Bertz CT molecular complexity index is 485. The molecule has 0 bridgehead atoms. The molecule has 1 saturated carbocycles. The average Bonchev–Trinajstić information content (AvgIpc) is 2.64. The van der Waals surface area contributed by atoms with E-state index in [-0.39, 0.29) is 11.9 Å². The molecular weight excluding hydrogens is 260 g/mol. The highest BCUT2D eigenvalue weighted by molar-refractivity contribution is 6.30. The molecule has 1 aliphatic carbocycles. The summed E-state index contributed by atoms with van der Waals surface area (Å²) in [6, 6.07) is 8.62. The molecule has 1 atom stereocenters. The monoisotopic (exact) mass is 278 g/mol. The molecule has 1 N–H and O–H groups in total. The number of hydrogen-bond donors (Lipinski definition) is 1. The Morgan fingerprint density at radius 3 is 2.79 bits per heavy atom. The predicted molar refractivity (Wildman–Crippen MR) is 76.4 cm³/mol. The van der Waals surface area contributed by atoms with Crippen LogP contribution in [-0.2, 0) is 4.79 Å². The highest BCUT2D eigenvalue weighted by Gasteiger charge is 2.36. The molecule has 4 heteroatoms. The number of rotatable bonds is 3. The lowest BCUT2D eigenvalue weighted by atomic mass is 9.75. The van der Waals surface area contributed by atoms with E-state index in [0.29, 0.717) is 12.0 Å². The van der Waals surface area contributed by atoms with Gasteiger partial charge in [-0.1, -0.05) is 23.7 Å². The lowest BCUT2D eigenvalue weighted by molar-refractivity contribution is -0.128. The maximum absolute atomic E-state index is 11.8. The topological polar surface area (TPSA) is 32.3 Å². The molecule has 1 unspecified atom stereocenters. The average molecular weight is 279 g/mol. The number of likely N-dealkylation sites (N-methyl/N-ethyl adjacent to an activating group) is 1. The molecule has 1 aromatic rings. The number of likely N-dealkylation sites (tertiary alicyclic amines) is 1. The van der Waals surface area contributed by atoms with Gasteiger partial charge in [0.05, 0.1) is 6.04 Å². The Hall–Kier alpha value is -1.06. The van der Waals surface area contributed by atoms with Crippen molar-refractivity contribution in [3.63, 3.8) is 0 Å². The lowest BCUT2D eigenvalue weighted by Crippen LogP contribution is -2.48. The molecule has 2 fully saturated rings. The molecule has 102 valence electrons. The van der Waals surface area contributed by atoms with Gasteiger partial charge in [-0.3, -0.25) is 4.79 Å². The fourth-order valence-electron chi connectivity index (χ4n) is 3.05. The lowest BCUT2D eigenvalue weighted by Gasteiger charge is -2.37. The third kappa shape index (κ3) is 2.63. The van der Waals surface area contributed by atoms with Crippen LogP contribution >= 0.6 is 11.6 Å². The maximum Gasteiger partial charge on any atom is 0.239 e. The second-order valence-corrected chi connectivity index (χ2v) is 6.12. The van der Waals surface area contributed by atoms with Crippen LogP contribution in [0.4, 0.5) is 0 Å². The summed E-state index contributed by atoms with van der Waals surface area (Å²) in [7, 11) is 1.87. The summed E-state index contributed by atoms with van der Waals surface area (Å²) in [5.41, 5.74) is 1.32. The zero-order valence-electron chi connectivity index (χ0n) is 11.1. The quantitative estimate of drug-likeness (QED) is 0.921. The summed E-state index contributed by atoms with van der Waals surface area (Å²) in [5.74, 6) is 0.830. The predicted octanol–water partition coefficient (Wildman–Crippen LogP) is 2.41. The van der Waals surface area contributed by atoms with Gasteiger partial charge in [0, 0.05) is 24.7 Å². The Kier molecular flexibility index (Phi) is 3.50. The largest absolute Gasteiger partial charge is 0.344 e. The summed E-state index contributed by atoms with van der Waals surface area (Å²) in [6.07, 6.45) is 3.15. The van der Waals surface area contributed by atoms with Crippen molar-refractivity contribution in [2.75, 3.05) is 13.6 Å². The van der Waals surface area contributed by atoms with Crippen molar-refractivity contribution in [1.29, 1.82) is 0 Å². The van der Waals surface area contributed by atoms with E-state index >= 15 is 0 Å². The molecule has 2 aliphatic rings. The van der Waals surface area contributed by atoms with E-state index in [4.69, 9.17) is 11.6 Å². The SMILES string of the molecule is CN1CCC(NC2CC(c3cccc(Cl)c3)C2)C1=O. The van der Waals surface area contributed by atoms with Gasteiger partial charge in [0.2, 0.25) is 5.91 Å². The van der Waals surface area contributed by atoms with Crippen LogP contribution in [0, 0.1) is 0 Å². The summed E-state index contributed by atoms with van der Waals surface area (Å²) >= 11 is 6.01. The van der Waals surface area contributed by atoms with Crippen LogP contribution in [0.2, 0.25) is 5.02 Å². The molecule has 3 nitrogen and oxygen atoms in total. The van der Waals surface area contributed by atoms with E-state index in [1.54, 1.807) is 0 Å². The Balaban J connectivity index is 1.52. The minimum absolute atomic E-state index is 0.0373. The van der Waals surface area contributed by atoms with E-state index in [2.05, 4.69) is 17.4 Å². The van der Waals surface area contributed by atoms with Gasteiger partial charge in [0.25, 0.3) is 0 Å². The number of benzene rings is 1. The van der Waals surface area contributed by atoms with Crippen molar-refractivity contribution >= 4 is 17.5 Å². The van der Waals surface area contributed by atoms with Crippen LogP contribution in [0.3, 0.4) is 0 Å². The van der Waals surface area contributed by atoms with E-state index in [1.807, 2.05) is 24.1 Å². The van der Waals surface area contributed by atoms with Crippen molar-refractivity contribution in [2.24, 2.45) is 0 Å². The number of carbonyl (C=O) groups excluding carboxylic acids is 1. The zero-order valence-corrected chi connectivity index (χ0v) is 11.9. The first-order chi connectivity index (χ1) is 9.13. The molecular formula is C15H19ClN2O. The number of hydrogen-bond acceptors (Lipinski definition) is 2. The van der Waals surface area contributed by atoms with Gasteiger partial charge in [-0.25, -0.2) is 0 Å². The van der Waals surface area contributed by atoms with Crippen LogP contribution in [0.25, 0.3) is 0 Å². The molecule has 1 amide bonds. The summed E-state index contributed by atoms with van der Waals surface area (Å²) < 4.78 is 0. The van der Waals surface area contributed by atoms with Crippen LogP contribution < -0.4 is 5.32 Å². The zero-order chi connectivity index (χ0) is 13.4. The summed E-state index contributed by atoms with van der Waals surface area (Å²) in [4.78, 5) is 13.6. The molecule has 3 rings (SSSR count). The fourth-order valence-corrected chi connectivity index (χ4v) is 3.25. The molecule has 1 aliphatic heterocycles. The molecule has 1 heterocycles. The number of nitrogens with one attached hydrogen (secondary N) is 1. The third-order valence-corrected chi connectivity index (χ3v) is 4.56. The van der Waals surface area contributed by atoms with Gasteiger partial charge in [-0.05, 0) is 42.9 Å². The van der Waals surface area contributed by atoms with Crippen LogP contribution in [0.5, 0.6) is 0 Å². The van der Waals surface area contributed by atoms with Gasteiger partial charge < -0.3 is 10.2 Å². The standard InChI is InChI=1S/C15H19ClN2O/c1-18-6-5-14(15(18)19)17-13-8-11(9-13)10-3-2-4-12(16)7-10/h2-4,7,11,13-14,17H,5-6,8-9H2,1H3. The van der Waals surface area contributed by atoms with E-state index < -0.39 is 0 Å². The number of amides is 1. The normalized spacial score (nSPS) is 30.5.